The Bertz CT molecular complexity index is 1480. The molecule has 3 aromatic carbocycles. The molecule has 0 amide bonds. The Labute approximate surface area is 210 Å². The Morgan fingerprint density at radius 3 is 1.97 bits per heavy atom. The van der Waals surface area contributed by atoms with Crippen molar-refractivity contribution in [3.63, 3.8) is 0 Å². The Morgan fingerprint density at radius 1 is 0.727 bits per heavy atom. The maximum atomic E-state index is 5.02. The zero-order valence-corrected chi connectivity index (χ0v) is 22.4. The standard InChI is InChI=1S/C30H31IN2/c1-17(2)20-13-24(18(3)4)29(25(14-20)19(5)6)28-16-32-30-23-10-8-7-9-22(23)26-15-21(31)11-12-27(26)33(28)30/h7-19H,1-6H3. The van der Waals surface area contributed by atoms with Gasteiger partial charge in [0, 0.05) is 19.9 Å². The van der Waals surface area contributed by atoms with Gasteiger partial charge in [-0.3, -0.25) is 4.40 Å². The maximum absolute atomic E-state index is 5.02. The first-order valence-corrected chi connectivity index (χ1v) is 13.0. The predicted octanol–water partition coefficient (Wildman–Crippen LogP) is 9.28. The van der Waals surface area contributed by atoms with Crippen molar-refractivity contribution < 1.29 is 0 Å². The second-order valence-electron chi connectivity index (χ2n) is 10.0. The lowest BCUT2D eigenvalue weighted by atomic mass is 9.83. The van der Waals surface area contributed by atoms with Crippen molar-refractivity contribution in [3.8, 4) is 11.3 Å². The molecule has 2 nitrogen and oxygen atoms in total. The van der Waals surface area contributed by atoms with Crippen LogP contribution < -0.4 is 0 Å². The number of pyridine rings is 1. The first-order valence-electron chi connectivity index (χ1n) is 11.9. The third kappa shape index (κ3) is 3.65. The topological polar surface area (TPSA) is 17.3 Å². The number of aromatic nitrogens is 2. The van der Waals surface area contributed by atoms with Crippen LogP contribution in [0.25, 0.3) is 38.6 Å². The van der Waals surface area contributed by atoms with Gasteiger partial charge in [-0.1, -0.05) is 77.9 Å². The van der Waals surface area contributed by atoms with E-state index in [0.29, 0.717) is 17.8 Å². The summed E-state index contributed by atoms with van der Waals surface area (Å²) in [6, 6.07) is 20.3. The summed E-state index contributed by atoms with van der Waals surface area (Å²) in [5.74, 6) is 1.35. The van der Waals surface area contributed by atoms with Crippen molar-refractivity contribution in [2.45, 2.75) is 59.3 Å². The summed E-state index contributed by atoms with van der Waals surface area (Å²) >= 11 is 2.42. The molecule has 0 atom stereocenters. The van der Waals surface area contributed by atoms with Crippen LogP contribution in [0.4, 0.5) is 0 Å². The van der Waals surface area contributed by atoms with Crippen LogP contribution in [0.1, 0.15) is 76.0 Å². The molecule has 33 heavy (non-hydrogen) atoms. The molecule has 0 saturated heterocycles. The SMILES string of the molecule is CC(C)c1cc(C(C)C)c(-c2cnc3c4ccccc4c4cc(I)ccc4n23)c(C(C)C)c1. The van der Waals surface area contributed by atoms with E-state index in [1.807, 2.05) is 0 Å². The molecule has 2 aromatic heterocycles. The van der Waals surface area contributed by atoms with E-state index in [2.05, 4.69) is 129 Å². The normalized spacial score (nSPS) is 12.3. The second-order valence-corrected chi connectivity index (χ2v) is 11.3. The van der Waals surface area contributed by atoms with Crippen molar-refractivity contribution in [2.75, 3.05) is 0 Å². The van der Waals surface area contributed by atoms with E-state index in [1.165, 1.54) is 53.2 Å². The molecule has 0 saturated carbocycles. The molecule has 2 heterocycles. The van der Waals surface area contributed by atoms with E-state index >= 15 is 0 Å². The van der Waals surface area contributed by atoms with Crippen LogP contribution >= 0.6 is 22.6 Å². The van der Waals surface area contributed by atoms with Gasteiger partial charge >= 0.3 is 0 Å². The van der Waals surface area contributed by atoms with Crippen LogP contribution in [0.5, 0.6) is 0 Å². The molecule has 5 aromatic rings. The van der Waals surface area contributed by atoms with Crippen LogP contribution in [0.15, 0.2) is 60.8 Å². The summed E-state index contributed by atoms with van der Waals surface area (Å²) < 4.78 is 3.65. The zero-order valence-electron chi connectivity index (χ0n) is 20.3. The van der Waals surface area contributed by atoms with E-state index in [1.54, 1.807) is 0 Å². The number of fused-ring (bicyclic) bond motifs is 6. The van der Waals surface area contributed by atoms with Gasteiger partial charge in [-0.2, -0.15) is 0 Å². The third-order valence-corrected chi connectivity index (χ3v) is 7.48. The highest BCUT2D eigenvalue weighted by atomic mass is 127. The summed E-state index contributed by atoms with van der Waals surface area (Å²) in [5, 5.41) is 3.74. The van der Waals surface area contributed by atoms with Crippen LogP contribution in [0.2, 0.25) is 0 Å². The smallest absolute Gasteiger partial charge is 0.145 e. The number of hydrogen-bond acceptors (Lipinski definition) is 1. The molecule has 0 aliphatic carbocycles. The lowest BCUT2D eigenvalue weighted by molar-refractivity contribution is 0.806. The largest absolute Gasteiger partial charge is 0.292 e. The molecule has 0 fully saturated rings. The lowest BCUT2D eigenvalue weighted by Gasteiger charge is -2.23. The molecule has 168 valence electrons. The molecule has 5 rings (SSSR count). The molecule has 0 bridgehead atoms. The second kappa shape index (κ2) is 8.43. The van der Waals surface area contributed by atoms with E-state index in [0.717, 1.165) is 5.65 Å². The van der Waals surface area contributed by atoms with E-state index in [4.69, 9.17) is 4.98 Å². The highest BCUT2D eigenvalue weighted by molar-refractivity contribution is 14.1. The Balaban J connectivity index is 1.98. The minimum absolute atomic E-state index is 0.425. The molecule has 0 aliphatic heterocycles. The van der Waals surface area contributed by atoms with Gasteiger partial charge in [0.15, 0.2) is 0 Å². The quantitative estimate of drug-likeness (QED) is 0.162. The third-order valence-electron chi connectivity index (χ3n) is 6.81. The number of rotatable bonds is 4. The van der Waals surface area contributed by atoms with Gasteiger partial charge < -0.3 is 0 Å². The maximum Gasteiger partial charge on any atom is 0.145 e. The van der Waals surface area contributed by atoms with Gasteiger partial charge in [0.1, 0.15) is 5.65 Å². The Morgan fingerprint density at radius 2 is 1.36 bits per heavy atom. The fourth-order valence-corrected chi connectivity index (χ4v) is 5.54. The first kappa shape index (κ1) is 22.4. The molecule has 0 N–H and O–H groups in total. The highest BCUT2D eigenvalue weighted by Crippen LogP contribution is 2.41. The molecular formula is C30H31IN2. The summed E-state index contributed by atoms with van der Waals surface area (Å²) in [7, 11) is 0. The number of benzene rings is 3. The Kier molecular flexibility index (Phi) is 5.72. The number of nitrogens with zero attached hydrogens (tertiary/aromatic N) is 2. The van der Waals surface area contributed by atoms with Gasteiger partial charge in [-0.25, -0.2) is 4.98 Å². The van der Waals surface area contributed by atoms with Gasteiger partial charge in [0.05, 0.1) is 17.4 Å². The predicted molar refractivity (Wildman–Crippen MR) is 151 cm³/mol. The molecule has 0 spiro atoms. The summed E-state index contributed by atoms with van der Waals surface area (Å²) in [6.07, 6.45) is 2.10. The zero-order chi connectivity index (χ0) is 23.4. The number of halogens is 1. The fourth-order valence-electron chi connectivity index (χ4n) is 5.05. The average Bonchev–Trinajstić information content (AvgIpc) is 3.23. The van der Waals surface area contributed by atoms with Crippen molar-refractivity contribution in [3.05, 3.63) is 81.1 Å². The number of hydrogen-bond donors (Lipinski definition) is 0. The highest BCUT2D eigenvalue weighted by Gasteiger charge is 2.22. The van der Waals surface area contributed by atoms with Gasteiger partial charge in [-0.05, 0) is 80.6 Å². The van der Waals surface area contributed by atoms with Crippen LogP contribution in [-0.2, 0) is 0 Å². The Hall–Kier alpha value is -2.40. The average molecular weight is 546 g/mol. The summed E-state index contributed by atoms with van der Waals surface area (Å²) in [5.41, 5.74) is 9.05. The van der Waals surface area contributed by atoms with Crippen LogP contribution in [-0.4, -0.2) is 9.38 Å². The fraction of sp³-hybridized carbons (Fsp3) is 0.300. The molecule has 3 heteroatoms. The molecular weight excluding hydrogens is 515 g/mol. The monoisotopic (exact) mass is 546 g/mol. The molecule has 0 unspecified atom stereocenters. The van der Waals surface area contributed by atoms with Crippen LogP contribution in [0, 0.1) is 3.57 Å². The van der Waals surface area contributed by atoms with Gasteiger partial charge in [0.2, 0.25) is 0 Å². The van der Waals surface area contributed by atoms with E-state index in [-0.39, 0.29) is 0 Å². The first-order chi connectivity index (χ1) is 15.8. The van der Waals surface area contributed by atoms with Crippen molar-refractivity contribution >= 4 is 49.9 Å². The van der Waals surface area contributed by atoms with E-state index < -0.39 is 0 Å². The lowest BCUT2D eigenvalue weighted by Crippen LogP contribution is -2.05. The summed E-state index contributed by atoms with van der Waals surface area (Å²) in [6.45, 7) is 13.8. The minimum Gasteiger partial charge on any atom is -0.292 e. The summed E-state index contributed by atoms with van der Waals surface area (Å²) in [4.78, 5) is 5.02. The van der Waals surface area contributed by atoms with Crippen molar-refractivity contribution in [1.29, 1.82) is 0 Å². The van der Waals surface area contributed by atoms with Crippen molar-refractivity contribution in [2.24, 2.45) is 0 Å². The van der Waals surface area contributed by atoms with Crippen LogP contribution in [0.3, 0.4) is 0 Å². The van der Waals surface area contributed by atoms with E-state index in [9.17, 15) is 0 Å². The van der Waals surface area contributed by atoms with Gasteiger partial charge in [-0.15, -0.1) is 0 Å². The molecule has 0 radical (unpaired) electrons. The van der Waals surface area contributed by atoms with Crippen molar-refractivity contribution in [1.82, 2.24) is 9.38 Å². The number of imidazole rings is 1. The van der Waals surface area contributed by atoms with Gasteiger partial charge in [0.25, 0.3) is 0 Å². The molecule has 0 aliphatic rings. The minimum atomic E-state index is 0.425.